The van der Waals surface area contributed by atoms with Gasteiger partial charge in [0.05, 0.1) is 18.1 Å². The zero-order chi connectivity index (χ0) is 22.4. The summed E-state index contributed by atoms with van der Waals surface area (Å²) in [6.45, 7) is 12.9. The molecule has 2 rings (SSSR count). The first-order valence-electron chi connectivity index (χ1n) is 10.4. The lowest BCUT2D eigenvalue weighted by molar-refractivity contribution is -0.00834. The summed E-state index contributed by atoms with van der Waals surface area (Å²) in [5.74, 6) is 0.715. The highest BCUT2D eigenvalue weighted by Crippen LogP contribution is 2.17. The average Bonchev–Trinajstić information content (AvgIpc) is 2.74. The van der Waals surface area contributed by atoms with Crippen molar-refractivity contribution in [1.29, 1.82) is 0 Å². The van der Waals surface area contributed by atoms with Gasteiger partial charge in [-0.2, -0.15) is 4.31 Å². The molecule has 1 aromatic carbocycles. The number of hydrogen-bond donors (Lipinski definition) is 2. The van der Waals surface area contributed by atoms with E-state index in [0.29, 0.717) is 17.4 Å². The topological polar surface area (TPSA) is 86.3 Å². The number of benzene rings is 1. The summed E-state index contributed by atoms with van der Waals surface area (Å²) < 4.78 is 32.0. The largest absolute Gasteiger partial charge is 0.379 e. The van der Waals surface area contributed by atoms with Crippen LogP contribution in [0.1, 0.15) is 33.3 Å². The molecule has 1 saturated heterocycles. The van der Waals surface area contributed by atoms with Crippen LogP contribution in [0.15, 0.2) is 34.2 Å². The van der Waals surface area contributed by atoms with Crippen molar-refractivity contribution in [2.24, 2.45) is 4.99 Å². The van der Waals surface area contributed by atoms with Gasteiger partial charge >= 0.3 is 0 Å². The number of aliphatic imine (C=N–C) groups is 1. The molecule has 1 fully saturated rings. The van der Waals surface area contributed by atoms with Gasteiger partial charge in [0.15, 0.2) is 5.96 Å². The van der Waals surface area contributed by atoms with Crippen molar-refractivity contribution < 1.29 is 13.2 Å². The highest BCUT2D eigenvalue weighted by molar-refractivity contribution is 7.89. The van der Waals surface area contributed by atoms with Crippen molar-refractivity contribution in [3.8, 4) is 0 Å². The number of nitrogens with zero attached hydrogens (tertiary/aromatic N) is 3. The Balaban J connectivity index is 1.90. The molecule has 0 unspecified atom stereocenters. The summed E-state index contributed by atoms with van der Waals surface area (Å²) in [5, 5.41) is 6.69. The van der Waals surface area contributed by atoms with E-state index >= 15 is 0 Å². The van der Waals surface area contributed by atoms with Crippen molar-refractivity contribution in [1.82, 2.24) is 19.8 Å². The molecule has 1 heterocycles. The van der Waals surface area contributed by atoms with Crippen LogP contribution in [0, 0.1) is 0 Å². The molecule has 0 amide bonds. The third kappa shape index (κ3) is 6.41. The minimum atomic E-state index is -3.46. The first kappa shape index (κ1) is 24.6. The Kier molecular flexibility index (Phi) is 8.66. The monoisotopic (exact) mass is 439 g/mol. The lowest BCUT2D eigenvalue weighted by Gasteiger charge is -2.41. The molecule has 0 aliphatic carbocycles. The third-order valence-corrected chi connectivity index (χ3v) is 7.61. The van der Waals surface area contributed by atoms with Gasteiger partial charge in [0.2, 0.25) is 10.0 Å². The molecule has 0 radical (unpaired) electrons. The zero-order valence-electron chi connectivity index (χ0n) is 19.1. The summed E-state index contributed by atoms with van der Waals surface area (Å²) in [6.07, 6.45) is 0. The lowest BCUT2D eigenvalue weighted by atomic mass is 10.0. The molecular formula is C21H37N5O3S. The standard InChI is InChI=1S/C21H37N5O3S/c1-17(2)25(6)30(27,28)19-9-7-18(8-10-19)15-23-20(22-5)24-16-21(3,4)26-11-13-29-14-12-26/h7-10,17H,11-16H2,1-6H3,(H2,22,23,24). The number of hydrogen-bond acceptors (Lipinski definition) is 5. The predicted molar refractivity (Wildman–Crippen MR) is 121 cm³/mol. The second-order valence-corrected chi connectivity index (χ2v) is 10.4. The van der Waals surface area contributed by atoms with Crippen LogP contribution in [0.5, 0.6) is 0 Å². The van der Waals surface area contributed by atoms with E-state index in [0.717, 1.165) is 38.4 Å². The normalized spacial score (nSPS) is 16.9. The maximum absolute atomic E-state index is 12.6. The Morgan fingerprint density at radius 3 is 2.33 bits per heavy atom. The smallest absolute Gasteiger partial charge is 0.243 e. The molecule has 0 spiro atoms. The second-order valence-electron chi connectivity index (χ2n) is 8.45. The van der Waals surface area contributed by atoms with Gasteiger partial charge in [0.25, 0.3) is 0 Å². The molecule has 1 aromatic rings. The zero-order valence-corrected chi connectivity index (χ0v) is 19.9. The number of ether oxygens (including phenoxy) is 1. The Morgan fingerprint density at radius 1 is 1.20 bits per heavy atom. The van der Waals surface area contributed by atoms with Gasteiger partial charge in [-0.1, -0.05) is 12.1 Å². The molecule has 170 valence electrons. The van der Waals surface area contributed by atoms with Crippen molar-refractivity contribution in [2.75, 3.05) is 46.9 Å². The van der Waals surface area contributed by atoms with Crippen LogP contribution >= 0.6 is 0 Å². The van der Waals surface area contributed by atoms with Gasteiger partial charge in [-0.25, -0.2) is 8.42 Å². The van der Waals surface area contributed by atoms with E-state index in [2.05, 4.69) is 34.4 Å². The third-order valence-electron chi connectivity index (χ3n) is 5.57. The molecule has 30 heavy (non-hydrogen) atoms. The fraction of sp³-hybridized carbons (Fsp3) is 0.667. The highest BCUT2D eigenvalue weighted by atomic mass is 32.2. The van der Waals surface area contributed by atoms with E-state index in [-0.39, 0.29) is 11.6 Å². The Bertz CT molecular complexity index is 800. The van der Waals surface area contributed by atoms with Crippen LogP contribution in [-0.2, 0) is 21.3 Å². The Labute approximate surface area is 181 Å². The molecule has 0 saturated carbocycles. The van der Waals surface area contributed by atoms with E-state index in [1.165, 1.54) is 4.31 Å². The fourth-order valence-corrected chi connectivity index (χ4v) is 4.58. The molecule has 0 bridgehead atoms. The van der Waals surface area contributed by atoms with Crippen LogP contribution in [0.3, 0.4) is 0 Å². The number of rotatable bonds is 8. The van der Waals surface area contributed by atoms with Crippen LogP contribution in [-0.4, -0.2) is 82.1 Å². The number of morpholine rings is 1. The molecule has 1 aliphatic rings. The predicted octanol–water partition coefficient (Wildman–Crippen LogP) is 1.49. The Morgan fingerprint density at radius 2 is 1.80 bits per heavy atom. The highest BCUT2D eigenvalue weighted by Gasteiger charge is 2.28. The fourth-order valence-electron chi connectivity index (χ4n) is 3.21. The minimum absolute atomic E-state index is 0.0140. The lowest BCUT2D eigenvalue weighted by Crippen LogP contribution is -2.56. The van der Waals surface area contributed by atoms with Gasteiger partial charge in [-0.15, -0.1) is 0 Å². The molecule has 1 aliphatic heterocycles. The quantitative estimate of drug-likeness (QED) is 0.472. The summed E-state index contributed by atoms with van der Waals surface area (Å²) >= 11 is 0. The van der Waals surface area contributed by atoms with E-state index in [1.54, 1.807) is 26.2 Å². The average molecular weight is 440 g/mol. The summed E-state index contributed by atoms with van der Waals surface area (Å²) in [7, 11) is -0.118. The maximum Gasteiger partial charge on any atom is 0.243 e. The van der Waals surface area contributed by atoms with Crippen molar-refractivity contribution in [3.63, 3.8) is 0 Å². The molecule has 0 aromatic heterocycles. The van der Waals surface area contributed by atoms with Crippen LogP contribution in [0.2, 0.25) is 0 Å². The van der Waals surface area contributed by atoms with E-state index in [4.69, 9.17) is 4.74 Å². The van der Waals surface area contributed by atoms with Gasteiger partial charge < -0.3 is 15.4 Å². The maximum atomic E-state index is 12.6. The van der Waals surface area contributed by atoms with Crippen molar-refractivity contribution in [2.45, 2.75) is 50.7 Å². The van der Waals surface area contributed by atoms with E-state index in [1.807, 2.05) is 26.0 Å². The molecule has 0 atom stereocenters. The van der Waals surface area contributed by atoms with Gasteiger partial charge in [0, 0.05) is 51.9 Å². The first-order chi connectivity index (χ1) is 14.1. The molecule has 2 N–H and O–H groups in total. The number of sulfonamides is 1. The van der Waals surface area contributed by atoms with Crippen LogP contribution < -0.4 is 10.6 Å². The molecule has 9 heteroatoms. The Hall–Kier alpha value is -1.68. The summed E-state index contributed by atoms with van der Waals surface area (Å²) in [6, 6.07) is 6.89. The number of nitrogens with one attached hydrogen (secondary N) is 2. The molecule has 8 nitrogen and oxygen atoms in total. The van der Waals surface area contributed by atoms with Crippen LogP contribution in [0.25, 0.3) is 0 Å². The van der Waals surface area contributed by atoms with Crippen molar-refractivity contribution >= 4 is 16.0 Å². The summed E-state index contributed by atoms with van der Waals surface area (Å²) in [4.78, 5) is 7.02. The SMILES string of the molecule is CN=C(NCc1ccc(S(=O)(=O)N(C)C(C)C)cc1)NCC(C)(C)N1CCOCC1. The van der Waals surface area contributed by atoms with Crippen LogP contribution in [0.4, 0.5) is 0 Å². The van der Waals surface area contributed by atoms with Gasteiger partial charge in [0.1, 0.15) is 0 Å². The first-order valence-corrected chi connectivity index (χ1v) is 11.9. The van der Waals surface area contributed by atoms with Gasteiger partial charge in [-0.05, 0) is 45.4 Å². The van der Waals surface area contributed by atoms with Crippen molar-refractivity contribution in [3.05, 3.63) is 29.8 Å². The number of guanidine groups is 1. The minimum Gasteiger partial charge on any atom is -0.379 e. The van der Waals surface area contributed by atoms with Gasteiger partial charge in [-0.3, -0.25) is 9.89 Å². The van der Waals surface area contributed by atoms with E-state index in [9.17, 15) is 8.42 Å². The van der Waals surface area contributed by atoms with E-state index < -0.39 is 10.0 Å². The second kappa shape index (κ2) is 10.6. The molecular weight excluding hydrogens is 402 g/mol. The summed E-state index contributed by atoms with van der Waals surface area (Å²) in [5.41, 5.74) is 0.969.